The van der Waals surface area contributed by atoms with Crippen LogP contribution < -0.4 is 5.73 Å². The van der Waals surface area contributed by atoms with Crippen LogP contribution in [0.4, 0.5) is 10.2 Å². The summed E-state index contributed by atoms with van der Waals surface area (Å²) in [6, 6.07) is 23.7. The topological polar surface area (TPSA) is 158 Å². The Kier molecular flexibility index (Phi) is 7.69. The Morgan fingerprint density at radius 1 is 0.795 bits per heavy atom. The number of nitrogens with zero attached hydrogens (tertiary/aromatic N) is 4. The van der Waals surface area contributed by atoms with Crippen molar-refractivity contribution in [2.45, 2.75) is 24.3 Å². The van der Waals surface area contributed by atoms with Crippen LogP contribution in [0, 0.1) is 0 Å². The van der Waals surface area contributed by atoms with Gasteiger partial charge in [0.2, 0.25) is 6.10 Å². The molecular weight excluding hydrogens is 573 g/mol. The predicted octanol–water partition coefficient (Wildman–Crippen LogP) is 3.91. The standard InChI is InChI=1S/C31H24FN5O7/c32-31(16-41-28(38)19-10-4-1-5-11-19)24(43-30(40)21-14-8-3-9-15-21)23(42-29(39)20-12-6-2-7-13-20)27(44-31)37-18-36-22-25(33)34-17-35-26(22)37/h1-15,17-18,23-24,27H,16H2,(H2,33,34,35)/t23-,24+,27+,31+/m0/s1. The number of benzene rings is 3. The van der Waals surface area contributed by atoms with E-state index < -0.39 is 48.8 Å². The number of hydrogen-bond acceptors (Lipinski definition) is 11. The molecule has 0 amide bonds. The number of hydrogen-bond donors (Lipinski definition) is 1. The molecule has 3 aromatic carbocycles. The molecule has 222 valence electrons. The summed E-state index contributed by atoms with van der Waals surface area (Å²) in [5.41, 5.74) is 6.66. The lowest BCUT2D eigenvalue weighted by atomic mass is 10.1. The maximum Gasteiger partial charge on any atom is 0.338 e. The van der Waals surface area contributed by atoms with Crippen LogP contribution >= 0.6 is 0 Å². The van der Waals surface area contributed by atoms with E-state index in [0.29, 0.717) is 0 Å². The van der Waals surface area contributed by atoms with Crippen LogP contribution in [0.1, 0.15) is 37.3 Å². The van der Waals surface area contributed by atoms with Gasteiger partial charge >= 0.3 is 17.9 Å². The highest BCUT2D eigenvalue weighted by molar-refractivity contribution is 5.91. The van der Waals surface area contributed by atoms with Crippen molar-refractivity contribution in [1.82, 2.24) is 19.5 Å². The van der Waals surface area contributed by atoms with Gasteiger partial charge in [0, 0.05) is 0 Å². The molecule has 0 radical (unpaired) electrons. The summed E-state index contributed by atoms with van der Waals surface area (Å²) in [4.78, 5) is 51.6. The molecule has 4 atom stereocenters. The smallest absolute Gasteiger partial charge is 0.338 e. The first-order valence-electron chi connectivity index (χ1n) is 13.4. The highest BCUT2D eigenvalue weighted by atomic mass is 19.2. The molecule has 0 spiro atoms. The van der Waals surface area contributed by atoms with E-state index in [1.807, 2.05) is 0 Å². The number of esters is 3. The largest absolute Gasteiger partial charge is 0.456 e. The Morgan fingerprint density at radius 3 is 1.93 bits per heavy atom. The molecule has 0 aliphatic carbocycles. The number of carbonyl (C=O) groups is 3. The molecule has 0 saturated carbocycles. The van der Waals surface area contributed by atoms with E-state index in [1.54, 1.807) is 54.6 Å². The van der Waals surface area contributed by atoms with Crippen molar-refractivity contribution in [3.63, 3.8) is 0 Å². The van der Waals surface area contributed by atoms with Crippen LogP contribution in [-0.4, -0.2) is 62.1 Å². The third kappa shape index (κ3) is 5.55. The molecule has 2 aromatic heterocycles. The quantitative estimate of drug-likeness (QED) is 0.204. The maximum atomic E-state index is 17.1. The summed E-state index contributed by atoms with van der Waals surface area (Å²) in [6.07, 6.45) is -2.62. The van der Waals surface area contributed by atoms with Gasteiger partial charge in [-0.15, -0.1) is 0 Å². The van der Waals surface area contributed by atoms with Gasteiger partial charge < -0.3 is 24.7 Å². The lowest BCUT2D eigenvalue weighted by Gasteiger charge is -2.27. The van der Waals surface area contributed by atoms with Gasteiger partial charge in [-0.3, -0.25) is 4.57 Å². The summed E-state index contributed by atoms with van der Waals surface area (Å²) < 4.78 is 41.0. The van der Waals surface area contributed by atoms with Crippen molar-refractivity contribution in [3.05, 3.63) is 120 Å². The number of fused-ring (bicyclic) bond motifs is 1. The van der Waals surface area contributed by atoms with Crippen molar-refractivity contribution in [2.75, 3.05) is 12.3 Å². The van der Waals surface area contributed by atoms with Gasteiger partial charge in [0.05, 0.1) is 23.0 Å². The fourth-order valence-corrected chi connectivity index (χ4v) is 4.74. The Labute approximate surface area is 249 Å². The second-order valence-electron chi connectivity index (χ2n) is 9.75. The highest BCUT2D eigenvalue weighted by Gasteiger charge is 2.62. The van der Waals surface area contributed by atoms with Crippen molar-refractivity contribution in [2.24, 2.45) is 0 Å². The van der Waals surface area contributed by atoms with E-state index in [9.17, 15) is 14.4 Å². The van der Waals surface area contributed by atoms with Gasteiger partial charge in [-0.1, -0.05) is 54.6 Å². The molecule has 6 rings (SSSR count). The number of imidazole rings is 1. The molecule has 13 heteroatoms. The van der Waals surface area contributed by atoms with Crippen molar-refractivity contribution in [1.29, 1.82) is 0 Å². The first kappa shape index (κ1) is 28.4. The minimum atomic E-state index is -3.00. The number of carbonyl (C=O) groups excluding carboxylic acids is 3. The third-order valence-corrected chi connectivity index (χ3v) is 6.89. The number of nitrogens with two attached hydrogens (primary N) is 1. The lowest BCUT2D eigenvalue weighted by molar-refractivity contribution is -0.207. The summed E-state index contributed by atoms with van der Waals surface area (Å²) in [7, 11) is 0. The van der Waals surface area contributed by atoms with Crippen molar-refractivity contribution in [3.8, 4) is 0 Å². The van der Waals surface area contributed by atoms with Gasteiger partial charge in [-0.25, -0.2) is 33.7 Å². The summed E-state index contributed by atoms with van der Waals surface area (Å²) in [5, 5.41) is 0. The summed E-state index contributed by atoms with van der Waals surface area (Å²) in [6.45, 7) is -1.02. The average Bonchev–Trinajstić information content (AvgIpc) is 3.61. The second kappa shape index (κ2) is 11.9. The van der Waals surface area contributed by atoms with E-state index in [4.69, 9.17) is 24.7 Å². The fourth-order valence-electron chi connectivity index (χ4n) is 4.74. The molecule has 3 heterocycles. The first-order valence-corrected chi connectivity index (χ1v) is 13.4. The van der Waals surface area contributed by atoms with Crippen LogP contribution in [0.25, 0.3) is 11.2 Å². The predicted molar refractivity (Wildman–Crippen MR) is 152 cm³/mol. The zero-order valence-corrected chi connectivity index (χ0v) is 22.9. The number of anilines is 1. The monoisotopic (exact) mass is 597 g/mol. The Balaban J connectivity index is 1.41. The molecule has 1 saturated heterocycles. The van der Waals surface area contributed by atoms with Crippen LogP contribution in [0.2, 0.25) is 0 Å². The van der Waals surface area contributed by atoms with Crippen molar-refractivity contribution < 1.29 is 37.7 Å². The van der Waals surface area contributed by atoms with E-state index in [-0.39, 0.29) is 33.7 Å². The lowest BCUT2D eigenvalue weighted by Crippen LogP contribution is -2.47. The van der Waals surface area contributed by atoms with Crippen LogP contribution in [0.5, 0.6) is 0 Å². The minimum absolute atomic E-state index is 0.0416. The van der Waals surface area contributed by atoms with E-state index in [0.717, 1.165) is 0 Å². The molecular formula is C31H24FN5O7. The number of aromatic nitrogens is 4. The Bertz CT molecular complexity index is 1810. The summed E-state index contributed by atoms with van der Waals surface area (Å²) >= 11 is 0. The van der Waals surface area contributed by atoms with E-state index >= 15 is 4.39 Å². The van der Waals surface area contributed by atoms with Gasteiger partial charge in [0.15, 0.2) is 30.4 Å². The summed E-state index contributed by atoms with van der Waals surface area (Å²) in [5.74, 6) is -5.60. The molecule has 0 bridgehead atoms. The van der Waals surface area contributed by atoms with E-state index in [2.05, 4.69) is 15.0 Å². The maximum absolute atomic E-state index is 17.1. The molecule has 1 aliphatic heterocycles. The molecule has 1 aliphatic rings. The fraction of sp³-hybridized carbons (Fsp3) is 0.161. The minimum Gasteiger partial charge on any atom is -0.456 e. The normalized spacial score (nSPS) is 21.1. The van der Waals surface area contributed by atoms with E-state index in [1.165, 1.54) is 53.6 Å². The molecule has 44 heavy (non-hydrogen) atoms. The SMILES string of the molecule is Nc1ncnc2c1ncn2[C@@H]1O[C@](F)(COC(=O)c2ccccc2)[C@H](OC(=O)c2ccccc2)[C@@H]1OC(=O)c1ccccc1. The molecule has 1 fully saturated rings. The number of rotatable bonds is 8. The first-order chi connectivity index (χ1) is 21.3. The van der Waals surface area contributed by atoms with Gasteiger partial charge in [0.25, 0.3) is 5.85 Å². The second-order valence-corrected chi connectivity index (χ2v) is 9.75. The third-order valence-electron chi connectivity index (χ3n) is 6.89. The van der Waals surface area contributed by atoms with Crippen molar-refractivity contribution >= 4 is 34.9 Å². The number of nitrogen functional groups attached to an aromatic ring is 1. The Hall–Kier alpha value is -5.69. The zero-order chi connectivity index (χ0) is 30.7. The molecule has 0 unspecified atom stereocenters. The highest BCUT2D eigenvalue weighted by Crippen LogP contribution is 2.44. The number of ether oxygens (including phenoxy) is 4. The van der Waals surface area contributed by atoms with Gasteiger partial charge in [0.1, 0.15) is 11.8 Å². The van der Waals surface area contributed by atoms with Crippen LogP contribution in [0.3, 0.4) is 0 Å². The van der Waals surface area contributed by atoms with Crippen LogP contribution in [0.15, 0.2) is 104 Å². The van der Waals surface area contributed by atoms with Gasteiger partial charge in [-0.2, -0.15) is 0 Å². The van der Waals surface area contributed by atoms with Gasteiger partial charge in [-0.05, 0) is 36.4 Å². The van der Waals surface area contributed by atoms with Crippen LogP contribution in [-0.2, 0) is 18.9 Å². The number of halogens is 1. The molecule has 2 N–H and O–H groups in total. The average molecular weight is 598 g/mol. The molecule has 12 nitrogen and oxygen atoms in total. The zero-order valence-electron chi connectivity index (χ0n) is 22.9. The number of alkyl halides is 1. The Morgan fingerprint density at radius 2 is 1.34 bits per heavy atom. The molecule has 5 aromatic rings.